The van der Waals surface area contributed by atoms with Gasteiger partial charge in [-0.2, -0.15) is 4.31 Å². The lowest BCUT2D eigenvalue weighted by atomic mass is 10.1. The number of sulfonamides is 1. The summed E-state index contributed by atoms with van der Waals surface area (Å²) in [6.07, 6.45) is 5.19. The van der Waals surface area contributed by atoms with Crippen molar-refractivity contribution in [3.05, 3.63) is 58.9 Å². The lowest BCUT2D eigenvalue weighted by Crippen LogP contribution is -2.31. The third-order valence-electron chi connectivity index (χ3n) is 4.47. The number of nitrogens with zero attached hydrogens (tertiary/aromatic N) is 2. The van der Waals surface area contributed by atoms with E-state index in [0.29, 0.717) is 11.4 Å². The van der Waals surface area contributed by atoms with Crippen LogP contribution in [-0.4, -0.2) is 24.3 Å². The Hall–Kier alpha value is -1.72. The Bertz CT molecular complexity index is 793. The zero-order valence-corrected chi connectivity index (χ0v) is 14.6. The molecule has 1 aliphatic heterocycles. The highest BCUT2D eigenvalue weighted by Crippen LogP contribution is 2.38. The van der Waals surface area contributed by atoms with Crippen molar-refractivity contribution in [2.24, 2.45) is 0 Å². The van der Waals surface area contributed by atoms with Crippen LogP contribution in [0.15, 0.2) is 41.6 Å². The van der Waals surface area contributed by atoms with E-state index in [9.17, 15) is 8.42 Å². The summed E-state index contributed by atoms with van der Waals surface area (Å²) in [5.74, 6) is 0. The fourth-order valence-electron chi connectivity index (χ4n) is 3.64. The van der Waals surface area contributed by atoms with E-state index in [1.54, 1.807) is 16.7 Å². The van der Waals surface area contributed by atoms with E-state index >= 15 is 0 Å². The smallest absolute Gasteiger partial charge is 0.244 e. The van der Waals surface area contributed by atoms with E-state index in [2.05, 4.69) is 4.98 Å². The van der Waals surface area contributed by atoms with Gasteiger partial charge >= 0.3 is 0 Å². The summed E-state index contributed by atoms with van der Waals surface area (Å²) in [5, 5.41) is 0. The summed E-state index contributed by atoms with van der Waals surface area (Å²) in [5.41, 5.74) is 3.75. The van der Waals surface area contributed by atoms with E-state index in [4.69, 9.17) is 0 Å². The third kappa shape index (κ3) is 2.91. The molecule has 0 spiro atoms. The molecular formula is C18H22N2O2S. The van der Waals surface area contributed by atoms with Crippen molar-refractivity contribution in [1.82, 2.24) is 9.29 Å². The molecule has 1 aromatic heterocycles. The van der Waals surface area contributed by atoms with Crippen LogP contribution in [0.1, 0.15) is 41.1 Å². The van der Waals surface area contributed by atoms with Crippen molar-refractivity contribution in [1.29, 1.82) is 0 Å². The molecule has 2 aromatic rings. The molecule has 0 aliphatic carbocycles. The summed E-state index contributed by atoms with van der Waals surface area (Å²) >= 11 is 0. The maximum Gasteiger partial charge on any atom is 0.244 e. The molecule has 4 nitrogen and oxygen atoms in total. The van der Waals surface area contributed by atoms with Gasteiger partial charge < -0.3 is 0 Å². The van der Waals surface area contributed by atoms with Gasteiger partial charge in [0.1, 0.15) is 0 Å². The Kier molecular flexibility index (Phi) is 4.25. The molecule has 0 amide bonds. The molecule has 1 aliphatic rings. The molecule has 122 valence electrons. The van der Waals surface area contributed by atoms with Crippen LogP contribution in [0.5, 0.6) is 0 Å². The zero-order valence-electron chi connectivity index (χ0n) is 13.8. The highest BCUT2D eigenvalue weighted by atomic mass is 32.2. The minimum atomic E-state index is -3.50. The summed E-state index contributed by atoms with van der Waals surface area (Å²) in [6, 6.07) is 7.61. The van der Waals surface area contributed by atoms with Crippen LogP contribution in [-0.2, 0) is 10.0 Å². The minimum Gasteiger partial charge on any atom is -0.265 e. The fraction of sp³-hybridized carbons (Fsp3) is 0.389. The molecule has 0 saturated carbocycles. The lowest BCUT2D eigenvalue weighted by Gasteiger charge is -2.26. The van der Waals surface area contributed by atoms with E-state index in [0.717, 1.165) is 35.1 Å². The lowest BCUT2D eigenvalue weighted by molar-refractivity contribution is 0.396. The molecule has 0 bridgehead atoms. The van der Waals surface area contributed by atoms with Crippen LogP contribution < -0.4 is 0 Å². The monoisotopic (exact) mass is 330 g/mol. The van der Waals surface area contributed by atoms with Gasteiger partial charge in [0.25, 0.3) is 0 Å². The second-order valence-corrected chi connectivity index (χ2v) is 8.11. The second-order valence-electron chi connectivity index (χ2n) is 6.28. The summed E-state index contributed by atoms with van der Waals surface area (Å²) in [4.78, 5) is 4.49. The largest absolute Gasteiger partial charge is 0.265 e. The second kappa shape index (κ2) is 6.06. The Balaban J connectivity index is 2.06. The third-order valence-corrected chi connectivity index (χ3v) is 6.68. The molecule has 0 radical (unpaired) electrons. The number of aromatic nitrogens is 1. The maximum atomic E-state index is 13.3. The Morgan fingerprint density at radius 2 is 1.70 bits per heavy atom. The minimum absolute atomic E-state index is 0.0943. The highest BCUT2D eigenvalue weighted by Gasteiger charge is 2.37. The van der Waals surface area contributed by atoms with Crippen molar-refractivity contribution < 1.29 is 8.42 Å². The molecule has 3 rings (SSSR count). The zero-order chi connectivity index (χ0) is 16.6. The van der Waals surface area contributed by atoms with Gasteiger partial charge in [-0.05, 0) is 62.4 Å². The van der Waals surface area contributed by atoms with Crippen LogP contribution in [0.4, 0.5) is 0 Å². The van der Waals surface area contributed by atoms with Crippen LogP contribution in [0.2, 0.25) is 0 Å². The van der Waals surface area contributed by atoms with Gasteiger partial charge in [0.05, 0.1) is 10.9 Å². The van der Waals surface area contributed by atoms with Gasteiger partial charge in [-0.15, -0.1) is 0 Å². The van der Waals surface area contributed by atoms with Crippen molar-refractivity contribution in [3.63, 3.8) is 0 Å². The van der Waals surface area contributed by atoms with Crippen LogP contribution in [0.25, 0.3) is 0 Å². The molecule has 1 fully saturated rings. The van der Waals surface area contributed by atoms with Gasteiger partial charge in [0, 0.05) is 18.9 Å². The Morgan fingerprint density at radius 1 is 1.09 bits per heavy atom. The quantitative estimate of drug-likeness (QED) is 0.865. The number of hydrogen-bond donors (Lipinski definition) is 0. The number of rotatable bonds is 3. The van der Waals surface area contributed by atoms with Crippen molar-refractivity contribution in [2.45, 2.75) is 44.6 Å². The Labute approximate surface area is 138 Å². The highest BCUT2D eigenvalue weighted by molar-refractivity contribution is 7.89. The first-order chi connectivity index (χ1) is 10.9. The van der Waals surface area contributed by atoms with Crippen molar-refractivity contribution in [2.75, 3.05) is 6.54 Å². The summed E-state index contributed by atoms with van der Waals surface area (Å²) < 4.78 is 28.2. The number of pyridine rings is 1. The first-order valence-electron chi connectivity index (χ1n) is 7.91. The summed E-state index contributed by atoms with van der Waals surface area (Å²) in [6.45, 7) is 6.32. The number of benzene rings is 1. The average Bonchev–Trinajstić information content (AvgIpc) is 2.97. The van der Waals surface area contributed by atoms with Gasteiger partial charge in [-0.1, -0.05) is 17.7 Å². The molecule has 0 N–H and O–H groups in total. The van der Waals surface area contributed by atoms with Crippen LogP contribution >= 0.6 is 0 Å². The maximum absolute atomic E-state index is 13.3. The van der Waals surface area contributed by atoms with E-state index in [1.807, 2.05) is 45.0 Å². The van der Waals surface area contributed by atoms with Crippen LogP contribution in [0, 0.1) is 20.8 Å². The summed E-state index contributed by atoms with van der Waals surface area (Å²) in [7, 11) is -3.50. The number of aryl methyl sites for hydroxylation is 3. The van der Waals surface area contributed by atoms with Gasteiger partial charge in [0.2, 0.25) is 10.0 Å². The molecule has 2 heterocycles. The first kappa shape index (κ1) is 16.1. The average molecular weight is 330 g/mol. The molecule has 1 atom stereocenters. The standard InChI is InChI=1S/C18H22N2O2S/c1-13-11-14(2)18(15(3)12-13)23(21,22)20-10-4-5-17(20)16-6-8-19-9-7-16/h6-9,11-12,17H,4-5,10H2,1-3H3. The van der Waals surface area contributed by atoms with E-state index in [1.165, 1.54) is 0 Å². The van der Waals surface area contributed by atoms with Gasteiger partial charge in [0.15, 0.2) is 0 Å². The number of hydrogen-bond acceptors (Lipinski definition) is 3. The predicted octanol–water partition coefficient (Wildman–Crippen LogP) is 3.53. The van der Waals surface area contributed by atoms with E-state index in [-0.39, 0.29) is 6.04 Å². The molecule has 23 heavy (non-hydrogen) atoms. The molecular weight excluding hydrogens is 308 g/mol. The molecule has 1 aromatic carbocycles. The van der Waals surface area contributed by atoms with E-state index < -0.39 is 10.0 Å². The fourth-order valence-corrected chi connectivity index (χ4v) is 5.74. The Morgan fingerprint density at radius 3 is 2.30 bits per heavy atom. The van der Waals surface area contributed by atoms with Crippen molar-refractivity contribution in [3.8, 4) is 0 Å². The normalized spacial score (nSPS) is 19.2. The van der Waals surface area contributed by atoms with Crippen molar-refractivity contribution >= 4 is 10.0 Å². The van der Waals surface area contributed by atoms with Gasteiger partial charge in [-0.3, -0.25) is 4.98 Å². The molecule has 5 heteroatoms. The topological polar surface area (TPSA) is 50.3 Å². The predicted molar refractivity (Wildman–Crippen MR) is 90.8 cm³/mol. The van der Waals surface area contributed by atoms with Gasteiger partial charge in [-0.25, -0.2) is 8.42 Å². The molecule has 1 saturated heterocycles. The SMILES string of the molecule is Cc1cc(C)c(S(=O)(=O)N2CCCC2c2ccncc2)c(C)c1. The molecule has 1 unspecified atom stereocenters. The first-order valence-corrected chi connectivity index (χ1v) is 9.35. The van der Waals surface area contributed by atoms with Crippen LogP contribution in [0.3, 0.4) is 0 Å².